The summed E-state index contributed by atoms with van der Waals surface area (Å²) in [7, 11) is 1.59. The lowest BCUT2D eigenvalue weighted by Gasteiger charge is -2.07. The van der Waals surface area contributed by atoms with Crippen molar-refractivity contribution in [1.82, 2.24) is 0 Å². The first-order chi connectivity index (χ1) is 14.5. The van der Waals surface area contributed by atoms with Crippen LogP contribution in [0.1, 0.15) is 21.7 Å². The molecule has 3 aromatic carbocycles. The number of hydrogen-bond donors (Lipinski definition) is 1. The lowest BCUT2D eigenvalue weighted by molar-refractivity contribution is -0.115. The molecule has 0 saturated heterocycles. The van der Waals surface area contributed by atoms with Crippen LogP contribution in [-0.4, -0.2) is 18.8 Å². The quantitative estimate of drug-likeness (QED) is 0.377. The van der Waals surface area contributed by atoms with E-state index < -0.39 is 0 Å². The number of benzene rings is 3. The molecule has 1 N–H and O–H groups in total. The van der Waals surface area contributed by atoms with Gasteiger partial charge in [0.05, 0.1) is 19.2 Å². The number of furan rings is 1. The van der Waals surface area contributed by atoms with Crippen molar-refractivity contribution in [3.8, 4) is 5.75 Å². The highest BCUT2D eigenvalue weighted by Gasteiger charge is 2.23. The molecule has 0 spiro atoms. The Kier molecular flexibility index (Phi) is 5.68. The van der Waals surface area contributed by atoms with E-state index in [1.807, 2.05) is 30.3 Å². The third kappa shape index (κ3) is 4.14. The second-order valence-electron chi connectivity index (χ2n) is 6.71. The number of fused-ring (bicyclic) bond motifs is 1. The van der Waals surface area contributed by atoms with Crippen LogP contribution in [0.25, 0.3) is 11.0 Å². The number of ketones is 1. The molecule has 150 valence electrons. The summed E-state index contributed by atoms with van der Waals surface area (Å²) in [6.45, 7) is 0. The Morgan fingerprint density at radius 2 is 1.67 bits per heavy atom. The number of amides is 1. The minimum Gasteiger partial charge on any atom is -0.497 e. The Balaban J connectivity index is 1.65. The van der Waals surface area contributed by atoms with Gasteiger partial charge in [0.2, 0.25) is 11.7 Å². The van der Waals surface area contributed by atoms with Crippen LogP contribution in [0.4, 0.5) is 5.69 Å². The highest BCUT2D eigenvalue weighted by atomic mass is 79.9. The van der Waals surface area contributed by atoms with Gasteiger partial charge in [-0.05, 0) is 54.1 Å². The number of hydrogen-bond acceptors (Lipinski definition) is 4. The topological polar surface area (TPSA) is 68.5 Å². The van der Waals surface area contributed by atoms with E-state index in [9.17, 15) is 9.59 Å². The minimum atomic E-state index is -0.293. The van der Waals surface area contributed by atoms with Crippen LogP contribution in [-0.2, 0) is 11.2 Å². The fourth-order valence-corrected chi connectivity index (χ4v) is 3.44. The number of halogens is 1. The molecule has 0 radical (unpaired) electrons. The maximum absolute atomic E-state index is 13.1. The van der Waals surface area contributed by atoms with E-state index >= 15 is 0 Å². The molecule has 5 nitrogen and oxygen atoms in total. The standard InChI is InChI=1S/C24H18BrNO4/c1-29-18-12-6-15(7-13-18)14-21(27)26-22-19-4-2-3-5-20(19)30-24(22)23(28)16-8-10-17(25)11-9-16/h2-13H,14H2,1H3,(H,26,27). The first kappa shape index (κ1) is 19.9. The number of rotatable bonds is 6. The molecule has 30 heavy (non-hydrogen) atoms. The number of carbonyl (C=O) groups is 2. The van der Waals surface area contributed by atoms with Gasteiger partial charge in [0.15, 0.2) is 5.76 Å². The number of para-hydroxylation sites is 1. The van der Waals surface area contributed by atoms with Crippen LogP contribution >= 0.6 is 15.9 Å². The van der Waals surface area contributed by atoms with Crippen LogP contribution in [0.3, 0.4) is 0 Å². The predicted octanol–water partition coefficient (Wildman–Crippen LogP) is 5.62. The minimum absolute atomic E-state index is 0.113. The van der Waals surface area contributed by atoms with Crippen molar-refractivity contribution in [2.75, 3.05) is 12.4 Å². The van der Waals surface area contributed by atoms with Crippen molar-refractivity contribution in [1.29, 1.82) is 0 Å². The average Bonchev–Trinajstić information content (AvgIpc) is 3.12. The summed E-state index contributed by atoms with van der Waals surface area (Å²) in [5.74, 6) is 0.305. The lowest BCUT2D eigenvalue weighted by atomic mass is 10.1. The molecule has 1 aromatic heterocycles. The van der Waals surface area contributed by atoms with Crippen molar-refractivity contribution in [2.45, 2.75) is 6.42 Å². The molecule has 6 heteroatoms. The number of anilines is 1. The van der Waals surface area contributed by atoms with Gasteiger partial charge in [-0.15, -0.1) is 0 Å². The molecule has 0 aliphatic rings. The molecule has 4 aromatic rings. The smallest absolute Gasteiger partial charge is 0.230 e. The molecule has 0 fully saturated rings. The Hall–Kier alpha value is -3.38. The summed E-state index contributed by atoms with van der Waals surface area (Å²) >= 11 is 3.37. The first-order valence-corrected chi connectivity index (χ1v) is 10.1. The van der Waals surface area contributed by atoms with E-state index in [4.69, 9.17) is 9.15 Å². The third-order valence-corrected chi connectivity index (χ3v) is 5.22. The highest BCUT2D eigenvalue weighted by Crippen LogP contribution is 2.33. The van der Waals surface area contributed by atoms with Gasteiger partial charge in [-0.25, -0.2) is 0 Å². The highest BCUT2D eigenvalue weighted by molar-refractivity contribution is 9.10. The summed E-state index contributed by atoms with van der Waals surface area (Å²) in [4.78, 5) is 25.8. The summed E-state index contributed by atoms with van der Waals surface area (Å²) < 4.78 is 11.9. The maximum Gasteiger partial charge on any atom is 0.230 e. The van der Waals surface area contributed by atoms with Gasteiger partial charge >= 0.3 is 0 Å². The zero-order valence-corrected chi connectivity index (χ0v) is 17.7. The zero-order valence-electron chi connectivity index (χ0n) is 16.1. The number of ether oxygens (including phenoxy) is 1. The molecule has 0 atom stereocenters. The second kappa shape index (κ2) is 8.55. The fraction of sp³-hybridized carbons (Fsp3) is 0.0833. The van der Waals surface area contributed by atoms with E-state index in [-0.39, 0.29) is 23.9 Å². The molecule has 0 aliphatic carbocycles. The van der Waals surface area contributed by atoms with Gasteiger partial charge in [0.1, 0.15) is 11.3 Å². The van der Waals surface area contributed by atoms with Crippen LogP contribution in [0.15, 0.2) is 81.7 Å². The lowest BCUT2D eigenvalue weighted by Crippen LogP contribution is -2.16. The van der Waals surface area contributed by atoms with Crippen molar-refractivity contribution < 1.29 is 18.7 Å². The Bertz CT molecular complexity index is 1210. The van der Waals surface area contributed by atoms with Crippen LogP contribution < -0.4 is 10.1 Å². The van der Waals surface area contributed by atoms with E-state index in [1.54, 1.807) is 49.6 Å². The molecular weight excluding hydrogens is 446 g/mol. The van der Waals surface area contributed by atoms with E-state index in [0.29, 0.717) is 22.2 Å². The molecule has 1 amide bonds. The van der Waals surface area contributed by atoms with Gasteiger partial charge in [-0.1, -0.05) is 40.2 Å². The summed E-state index contributed by atoms with van der Waals surface area (Å²) in [5.41, 5.74) is 2.24. The van der Waals surface area contributed by atoms with Gasteiger partial charge < -0.3 is 14.5 Å². The second-order valence-corrected chi connectivity index (χ2v) is 7.63. The van der Waals surface area contributed by atoms with E-state index in [1.165, 1.54) is 0 Å². The molecular formula is C24H18BrNO4. The molecule has 0 saturated carbocycles. The SMILES string of the molecule is COc1ccc(CC(=O)Nc2c(C(=O)c3ccc(Br)cc3)oc3ccccc23)cc1. The van der Waals surface area contributed by atoms with Crippen LogP contribution in [0.2, 0.25) is 0 Å². The Morgan fingerprint density at radius 1 is 0.967 bits per heavy atom. The van der Waals surface area contributed by atoms with Gasteiger partial charge in [-0.2, -0.15) is 0 Å². The van der Waals surface area contributed by atoms with Crippen LogP contribution in [0.5, 0.6) is 5.75 Å². The van der Waals surface area contributed by atoms with Crippen molar-refractivity contribution in [3.63, 3.8) is 0 Å². The zero-order chi connectivity index (χ0) is 21.1. The van der Waals surface area contributed by atoms with Gasteiger partial charge in [0.25, 0.3) is 0 Å². The predicted molar refractivity (Wildman–Crippen MR) is 119 cm³/mol. The molecule has 0 unspecified atom stereocenters. The summed E-state index contributed by atoms with van der Waals surface area (Å²) in [6, 6.07) is 21.5. The van der Waals surface area contributed by atoms with E-state index in [0.717, 1.165) is 15.8 Å². The number of nitrogens with one attached hydrogen (secondary N) is 1. The fourth-order valence-electron chi connectivity index (χ4n) is 3.17. The monoisotopic (exact) mass is 463 g/mol. The summed E-state index contributed by atoms with van der Waals surface area (Å²) in [5, 5.41) is 3.56. The Labute approximate surface area is 181 Å². The molecule has 4 rings (SSSR count). The van der Waals surface area contributed by atoms with Crippen molar-refractivity contribution >= 4 is 44.3 Å². The largest absolute Gasteiger partial charge is 0.497 e. The average molecular weight is 464 g/mol. The first-order valence-electron chi connectivity index (χ1n) is 9.30. The molecule has 0 bridgehead atoms. The van der Waals surface area contributed by atoms with Gasteiger partial charge in [0, 0.05) is 15.4 Å². The normalized spacial score (nSPS) is 10.7. The third-order valence-electron chi connectivity index (χ3n) is 4.70. The van der Waals surface area contributed by atoms with E-state index in [2.05, 4.69) is 21.2 Å². The van der Waals surface area contributed by atoms with Crippen molar-refractivity contribution in [3.05, 3.63) is 94.2 Å². The maximum atomic E-state index is 13.1. The van der Waals surface area contributed by atoms with Crippen LogP contribution in [0, 0.1) is 0 Å². The Morgan fingerprint density at radius 3 is 2.37 bits per heavy atom. The van der Waals surface area contributed by atoms with Gasteiger partial charge in [-0.3, -0.25) is 9.59 Å². The number of carbonyl (C=O) groups excluding carboxylic acids is 2. The van der Waals surface area contributed by atoms with Crippen molar-refractivity contribution in [2.24, 2.45) is 0 Å². The summed E-state index contributed by atoms with van der Waals surface area (Å²) in [6.07, 6.45) is 0.162. The molecule has 0 aliphatic heterocycles. The number of methoxy groups -OCH3 is 1. The molecule has 1 heterocycles.